The maximum atomic E-state index is 12.8. The monoisotopic (exact) mass is 580 g/mol. The molecule has 0 saturated carbocycles. The van der Waals surface area contributed by atoms with Crippen LogP contribution in [0.1, 0.15) is 13.8 Å². The molecule has 0 radical (unpaired) electrons. The van der Waals surface area contributed by atoms with E-state index >= 15 is 0 Å². The molecule has 0 aliphatic carbocycles. The number of rotatable bonds is 8. The van der Waals surface area contributed by atoms with Gasteiger partial charge in [-0.1, -0.05) is 6.07 Å². The topological polar surface area (TPSA) is 152 Å². The number of nitrogens with one attached hydrogen (secondary N) is 3. The summed E-state index contributed by atoms with van der Waals surface area (Å²) in [5, 5.41) is 16.6. The van der Waals surface area contributed by atoms with E-state index in [4.69, 9.17) is 0 Å². The fourth-order valence-corrected chi connectivity index (χ4v) is 4.87. The van der Waals surface area contributed by atoms with E-state index in [9.17, 15) is 37.6 Å². The van der Waals surface area contributed by atoms with Crippen LogP contribution in [0.25, 0.3) is 11.8 Å². The number of pyridine rings is 1. The number of aromatic nitrogens is 2. The Bertz CT molecular complexity index is 1490. The standard InChI is InChI=1S/C24H27F3N8O4S/c1-3-35-22(39)17(40-23(35)16(11-28)21(38)30-14-24(25,26)27)12-29-18-5-4-6-19(31-18)32-20(37)13-33-7-9-34(10-8-33)15(2)36/h4-6,12H,3,7-10,13-14H2,1-2H3,(H,30,38)(H2,29,31,32,37)/b17-12+,23-16-. The minimum Gasteiger partial charge on any atom is -0.345 e. The van der Waals surface area contributed by atoms with Crippen LogP contribution in [0, 0.1) is 11.3 Å². The molecule has 3 amide bonds. The first-order chi connectivity index (χ1) is 18.9. The van der Waals surface area contributed by atoms with Crippen molar-refractivity contribution in [3.05, 3.63) is 37.7 Å². The number of hydrogen-bond donors (Lipinski definition) is 3. The van der Waals surface area contributed by atoms with Gasteiger partial charge in [0.2, 0.25) is 11.8 Å². The lowest BCUT2D eigenvalue weighted by molar-refractivity contribution is -0.135. The number of piperazine rings is 1. The predicted octanol–water partition coefficient (Wildman–Crippen LogP) is -0.370. The highest BCUT2D eigenvalue weighted by Crippen LogP contribution is 2.13. The van der Waals surface area contributed by atoms with Crippen molar-refractivity contribution in [1.29, 1.82) is 5.26 Å². The molecule has 12 nitrogen and oxygen atoms in total. The highest BCUT2D eigenvalue weighted by Gasteiger charge is 2.29. The highest BCUT2D eigenvalue weighted by molar-refractivity contribution is 7.07. The van der Waals surface area contributed by atoms with E-state index in [1.54, 1.807) is 41.4 Å². The summed E-state index contributed by atoms with van der Waals surface area (Å²) in [6.07, 6.45) is -3.36. The molecular weight excluding hydrogens is 553 g/mol. The second-order valence-electron chi connectivity index (χ2n) is 8.63. The Kier molecular flexibility index (Phi) is 10.0. The summed E-state index contributed by atoms with van der Waals surface area (Å²) in [7, 11) is 0. The van der Waals surface area contributed by atoms with Crippen LogP contribution in [0.2, 0.25) is 0 Å². The van der Waals surface area contributed by atoms with E-state index < -0.39 is 29.8 Å². The lowest BCUT2D eigenvalue weighted by Gasteiger charge is -2.33. The van der Waals surface area contributed by atoms with E-state index in [0.717, 1.165) is 15.9 Å². The van der Waals surface area contributed by atoms with E-state index in [2.05, 4.69) is 15.6 Å². The number of nitriles is 1. The Morgan fingerprint density at radius 1 is 1.18 bits per heavy atom. The zero-order valence-corrected chi connectivity index (χ0v) is 22.5. The SMILES string of the molecule is CCn1c(=O)/c(=C\Nc2cccc(NC(=O)CN3CCN(C(C)=O)CC3)n2)s/c1=C(/C#N)C(=O)NCC(F)(F)F. The van der Waals surface area contributed by atoms with E-state index in [0.29, 0.717) is 26.2 Å². The first kappa shape index (κ1) is 30.3. The zero-order chi connectivity index (χ0) is 29.4. The van der Waals surface area contributed by atoms with Crippen molar-refractivity contribution in [2.75, 3.05) is 49.9 Å². The maximum absolute atomic E-state index is 12.8. The molecule has 3 rings (SSSR count). The molecule has 3 heterocycles. The molecule has 1 fully saturated rings. The smallest absolute Gasteiger partial charge is 0.345 e. The van der Waals surface area contributed by atoms with Crippen molar-refractivity contribution in [2.24, 2.45) is 0 Å². The second kappa shape index (κ2) is 13.2. The fourth-order valence-electron chi connectivity index (χ4n) is 3.79. The van der Waals surface area contributed by atoms with Crippen LogP contribution in [0.5, 0.6) is 0 Å². The van der Waals surface area contributed by atoms with Gasteiger partial charge in [0.05, 0.1) is 6.54 Å². The third kappa shape index (κ3) is 8.13. The lowest BCUT2D eigenvalue weighted by atomic mass is 10.3. The average Bonchev–Trinajstić information content (AvgIpc) is 3.21. The van der Waals surface area contributed by atoms with E-state index in [1.807, 2.05) is 4.90 Å². The summed E-state index contributed by atoms with van der Waals surface area (Å²) in [4.78, 5) is 56.9. The molecule has 0 atom stereocenters. The molecule has 214 valence electrons. The van der Waals surface area contributed by atoms with Gasteiger partial charge < -0.3 is 20.9 Å². The third-order valence-corrected chi connectivity index (χ3v) is 6.91. The minimum absolute atomic E-state index is 0.00290. The molecule has 0 spiro atoms. The summed E-state index contributed by atoms with van der Waals surface area (Å²) < 4.78 is 38.6. The Morgan fingerprint density at radius 3 is 2.45 bits per heavy atom. The molecule has 3 N–H and O–H groups in total. The van der Waals surface area contributed by atoms with Gasteiger partial charge in [-0.05, 0) is 19.1 Å². The number of alkyl halides is 3. The van der Waals surface area contributed by atoms with Gasteiger partial charge in [0.25, 0.3) is 11.5 Å². The minimum atomic E-state index is -4.66. The summed E-state index contributed by atoms with van der Waals surface area (Å²) in [5.74, 6) is -1.00. The Hall–Kier alpha value is -4.23. The van der Waals surface area contributed by atoms with Gasteiger partial charge in [-0.2, -0.15) is 18.4 Å². The van der Waals surface area contributed by atoms with Gasteiger partial charge in [0.1, 0.15) is 33.4 Å². The highest BCUT2D eigenvalue weighted by atomic mass is 32.1. The van der Waals surface area contributed by atoms with E-state index in [-0.39, 0.29) is 45.7 Å². The van der Waals surface area contributed by atoms with Crippen molar-refractivity contribution < 1.29 is 27.6 Å². The van der Waals surface area contributed by atoms with Crippen molar-refractivity contribution >= 4 is 52.5 Å². The normalized spacial score (nSPS) is 15.3. The molecular formula is C24H27F3N8O4S. The van der Waals surface area contributed by atoms with E-state index in [1.165, 1.54) is 13.1 Å². The number of halogens is 3. The molecule has 2 aromatic rings. The van der Waals surface area contributed by atoms with Crippen molar-refractivity contribution in [3.8, 4) is 6.07 Å². The first-order valence-electron chi connectivity index (χ1n) is 12.1. The van der Waals surface area contributed by atoms with Gasteiger partial charge in [-0.3, -0.25) is 28.6 Å². The van der Waals surface area contributed by atoms with Crippen LogP contribution >= 0.6 is 11.3 Å². The zero-order valence-electron chi connectivity index (χ0n) is 21.7. The van der Waals surface area contributed by atoms with Crippen LogP contribution in [0.4, 0.5) is 24.8 Å². The summed E-state index contributed by atoms with van der Waals surface area (Å²) in [6.45, 7) is 3.92. The number of thiazole rings is 1. The van der Waals surface area contributed by atoms with Gasteiger partial charge in [0.15, 0.2) is 5.57 Å². The number of carbonyl (C=O) groups excluding carboxylic acids is 3. The second-order valence-corrected chi connectivity index (χ2v) is 9.66. The number of hydrogen-bond acceptors (Lipinski definition) is 9. The van der Waals surface area contributed by atoms with Crippen LogP contribution in [0.15, 0.2) is 23.0 Å². The van der Waals surface area contributed by atoms with Crippen molar-refractivity contribution in [3.63, 3.8) is 0 Å². The number of nitrogens with zero attached hydrogens (tertiary/aromatic N) is 5. The molecule has 0 unspecified atom stereocenters. The largest absolute Gasteiger partial charge is 0.405 e. The fraction of sp³-hybridized carbons (Fsp3) is 0.417. The Balaban J connectivity index is 1.74. The lowest BCUT2D eigenvalue weighted by Crippen LogP contribution is -2.49. The molecule has 0 aromatic carbocycles. The third-order valence-electron chi connectivity index (χ3n) is 5.78. The number of carbonyl (C=O) groups is 3. The molecule has 0 bridgehead atoms. The number of anilines is 2. The van der Waals surface area contributed by atoms with Crippen LogP contribution < -0.4 is 30.7 Å². The van der Waals surface area contributed by atoms with Crippen molar-refractivity contribution in [1.82, 2.24) is 24.7 Å². The molecule has 16 heteroatoms. The predicted molar refractivity (Wildman–Crippen MR) is 141 cm³/mol. The summed E-state index contributed by atoms with van der Waals surface area (Å²) in [5.41, 5.74) is -1.17. The Labute approximate surface area is 230 Å². The Morgan fingerprint density at radius 2 is 1.85 bits per heavy atom. The molecule has 2 aromatic heterocycles. The van der Waals surface area contributed by atoms with Crippen molar-refractivity contribution in [2.45, 2.75) is 26.6 Å². The number of amides is 3. The van der Waals surface area contributed by atoms with Gasteiger partial charge in [0, 0.05) is 45.8 Å². The van der Waals surface area contributed by atoms with Crippen LogP contribution in [-0.2, 0) is 20.9 Å². The molecule has 1 aliphatic heterocycles. The molecule has 1 saturated heterocycles. The molecule has 1 aliphatic rings. The molecule has 40 heavy (non-hydrogen) atoms. The van der Waals surface area contributed by atoms with Crippen LogP contribution in [0.3, 0.4) is 0 Å². The van der Waals surface area contributed by atoms with Crippen LogP contribution in [-0.4, -0.2) is 82.5 Å². The first-order valence-corrected chi connectivity index (χ1v) is 12.9. The van der Waals surface area contributed by atoms with Gasteiger partial charge in [-0.25, -0.2) is 4.98 Å². The van der Waals surface area contributed by atoms with Gasteiger partial charge >= 0.3 is 6.18 Å². The summed E-state index contributed by atoms with van der Waals surface area (Å²) in [6, 6.07) is 6.37. The van der Waals surface area contributed by atoms with Gasteiger partial charge in [-0.15, -0.1) is 11.3 Å². The average molecular weight is 581 g/mol. The summed E-state index contributed by atoms with van der Waals surface area (Å²) >= 11 is 0.764. The maximum Gasteiger partial charge on any atom is 0.405 e. The quantitative estimate of drug-likeness (QED) is 0.383.